The molecule has 0 N–H and O–H groups in total. The molecule has 0 amide bonds. The molecule has 106 valence electrons. The Hall–Kier alpha value is -0.890. The highest BCUT2D eigenvalue weighted by Gasteiger charge is 2.21. The third-order valence-electron chi connectivity index (χ3n) is 3.75. The van der Waals surface area contributed by atoms with E-state index in [9.17, 15) is 0 Å². The molecule has 3 heteroatoms. The molecule has 0 saturated carbocycles. The van der Waals surface area contributed by atoms with E-state index < -0.39 is 0 Å². The Morgan fingerprint density at radius 2 is 1.89 bits per heavy atom. The lowest BCUT2D eigenvalue weighted by atomic mass is 9.91. The predicted octanol–water partition coefficient (Wildman–Crippen LogP) is 4.95. The van der Waals surface area contributed by atoms with Crippen molar-refractivity contribution in [2.24, 2.45) is 5.92 Å². The first-order chi connectivity index (χ1) is 9.26. The normalized spacial score (nSPS) is 17.0. The molecule has 0 fully saturated rings. The zero-order chi connectivity index (χ0) is 13.7. The zero-order valence-corrected chi connectivity index (χ0v) is 12.6. The van der Waals surface area contributed by atoms with Crippen LogP contribution in [0.5, 0.6) is 11.5 Å². The van der Waals surface area contributed by atoms with Crippen molar-refractivity contribution in [3.8, 4) is 11.5 Å². The fraction of sp³-hybridized carbons (Fsp3) is 0.625. The molecule has 0 radical (unpaired) electrons. The van der Waals surface area contributed by atoms with Gasteiger partial charge in [0.05, 0.1) is 5.38 Å². The summed E-state index contributed by atoms with van der Waals surface area (Å²) < 4.78 is 11.2. The molecular formula is C16H23ClO2. The Kier molecular flexibility index (Phi) is 5.38. The van der Waals surface area contributed by atoms with Crippen LogP contribution in [0.1, 0.15) is 50.5 Å². The molecule has 1 aromatic rings. The molecule has 2 atom stereocenters. The summed E-state index contributed by atoms with van der Waals surface area (Å²) in [4.78, 5) is 0. The summed E-state index contributed by atoms with van der Waals surface area (Å²) in [6.07, 6.45) is 4.77. The van der Waals surface area contributed by atoms with Crippen LogP contribution in [0.3, 0.4) is 0 Å². The Balaban J connectivity index is 2.11. The van der Waals surface area contributed by atoms with Gasteiger partial charge in [-0.05, 0) is 30.0 Å². The lowest BCUT2D eigenvalue weighted by Gasteiger charge is -2.24. The highest BCUT2D eigenvalue weighted by Crippen LogP contribution is 2.39. The number of alkyl halides is 1. The first-order valence-electron chi connectivity index (χ1n) is 7.29. The fourth-order valence-corrected chi connectivity index (χ4v) is 2.97. The van der Waals surface area contributed by atoms with Gasteiger partial charge in [0.1, 0.15) is 13.2 Å². The van der Waals surface area contributed by atoms with Gasteiger partial charge in [-0.3, -0.25) is 0 Å². The molecule has 0 bridgehead atoms. The van der Waals surface area contributed by atoms with E-state index in [0.29, 0.717) is 19.1 Å². The summed E-state index contributed by atoms with van der Waals surface area (Å²) in [7, 11) is 0. The lowest BCUT2D eigenvalue weighted by molar-refractivity contribution is 0.171. The van der Waals surface area contributed by atoms with Crippen LogP contribution in [0.15, 0.2) is 18.2 Å². The van der Waals surface area contributed by atoms with Crippen LogP contribution in [-0.4, -0.2) is 13.2 Å². The molecular weight excluding hydrogens is 260 g/mol. The molecule has 1 aromatic carbocycles. The van der Waals surface area contributed by atoms with Crippen molar-refractivity contribution >= 4 is 11.6 Å². The number of fused-ring (bicyclic) bond motifs is 1. The molecule has 0 aliphatic carbocycles. The maximum absolute atomic E-state index is 6.65. The number of ether oxygens (including phenoxy) is 2. The van der Waals surface area contributed by atoms with Gasteiger partial charge >= 0.3 is 0 Å². The van der Waals surface area contributed by atoms with Crippen molar-refractivity contribution in [1.29, 1.82) is 0 Å². The standard InChI is InChI=1S/C16H23ClO2/c1-3-5-6-12(4-2)16(17)13-7-8-14-15(11-13)19-10-9-18-14/h7-8,11-12,16H,3-6,9-10H2,1-2H3. The largest absolute Gasteiger partial charge is 0.486 e. The number of rotatable bonds is 6. The van der Waals surface area contributed by atoms with Gasteiger partial charge in [-0.15, -0.1) is 11.6 Å². The molecule has 1 aliphatic heterocycles. The highest BCUT2D eigenvalue weighted by molar-refractivity contribution is 6.21. The number of unbranched alkanes of at least 4 members (excludes halogenated alkanes) is 1. The quantitative estimate of drug-likeness (QED) is 0.687. The van der Waals surface area contributed by atoms with Crippen LogP contribution in [0, 0.1) is 5.92 Å². The average molecular weight is 283 g/mol. The van der Waals surface area contributed by atoms with E-state index in [4.69, 9.17) is 21.1 Å². The van der Waals surface area contributed by atoms with Crippen molar-refractivity contribution in [3.05, 3.63) is 23.8 Å². The van der Waals surface area contributed by atoms with Crippen molar-refractivity contribution in [2.75, 3.05) is 13.2 Å². The van der Waals surface area contributed by atoms with Crippen molar-refractivity contribution in [2.45, 2.75) is 44.9 Å². The van der Waals surface area contributed by atoms with E-state index in [1.165, 1.54) is 19.3 Å². The summed E-state index contributed by atoms with van der Waals surface area (Å²) in [6.45, 7) is 5.69. The van der Waals surface area contributed by atoms with Crippen LogP contribution in [0.2, 0.25) is 0 Å². The summed E-state index contributed by atoms with van der Waals surface area (Å²) >= 11 is 6.65. The fourth-order valence-electron chi connectivity index (χ4n) is 2.53. The van der Waals surface area contributed by atoms with Gasteiger partial charge in [0.2, 0.25) is 0 Å². The molecule has 1 heterocycles. The van der Waals surface area contributed by atoms with Crippen molar-refractivity contribution in [3.63, 3.8) is 0 Å². The van der Waals surface area contributed by atoms with Crippen LogP contribution in [-0.2, 0) is 0 Å². The molecule has 19 heavy (non-hydrogen) atoms. The topological polar surface area (TPSA) is 18.5 Å². The minimum Gasteiger partial charge on any atom is -0.486 e. The monoisotopic (exact) mass is 282 g/mol. The predicted molar refractivity (Wildman–Crippen MR) is 79.3 cm³/mol. The van der Waals surface area contributed by atoms with Gasteiger partial charge in [0.15, 0.2) is 11.5 Å². The van der Waals surface area contributed by atoms with Gasteiger partial charge < -0.3 is 9.47 Å². The Labute approximate surface area is 121 Å². The highest BCUT2D eigenvalue weighted by atomic mass is 35.5. The minimum absolute atomic E-state index is 0.0624. The van der Waals surface area contributed by atoms with Crippen LogP contribution in [0.25, 0.3) is 0 Å². The van der Waals surface area contributed by atoms with E-state index in [1.807, 2.05) is 12.1 Å². The summed E-state index contributed by atoms with van der Waals surface area (Å²) in [5.74, 6) is 2.20. The number of hydrogen-bond acceptors (Lipinski definition) is 2. The molecule has 1 aliphatic rings. The van der Waals surface area contributed by atoms with Crippen molar-refractivity contribution in [1.82, 2.24) is 0 Å². The smallest absolute Gasteiger partial charge is 0.161 e. The minimum atomic E-state index is 0.0624. The second-order valence-electron chi connectivity index (χ2n) is 5.12. The van der Waals surface area contributed by atoms with E-state index in [2.05, 4.69) is 19.9 Å². The average Bonchev–Trinajstić information content (AvgIpc) is 2.47. The SMILES string of the molecule is CCCCC(CC)C(Cl)c1ccc2c(c1)OCCO2. The summed E-state index contributed by atoms with van der Waals surface area (Å²) in [5, 5.41) is 0.0624. The third kappa shape index (κ3) is 3.56. The lowest BCUT2D eigenvalue weighted by Crippen LogP contribution is -2.16. The second-order valence-corrected chi connectivity index (χ2v) is 5.59. The van der Waals surface area contributed by atoms with E-state index in [1.54, 1.807) is 0 Å². The number of hydrogen-bond donors (Lipinski definition) is 0. The van der Waals surface area contributed by atoms with E-state index in [-0.39, 0.29) is 5.38 Å². The Morgan fingerprint density at radius 3 is 2.58 bits per heavy atom. The Bertz CT molecular complexity index is 406. The van der Waals surface area contributed by atoms with Crippen molar-refractivity contribution < 1.29 is 9.47 Å². The van der Waals surface area contributed by atoms with Gasteiger partial charge in [-0.25, -0.2) is 0 Å². The van der Waals surface area contributed by atoms with Crippen LogP contribution >= 0.6 is 11.6 Å². The molecule has 0 saturated heterocycles. The maximum atomic E-state index is 6.65. The molecule has 2 rings (SSSR count). The van der Waals surface area contributed by atoms with Gasteiger partial charge in [-0.1, -0.05) is 39.2 Å². The molecule has 0 aromatic heterocycles. The van der Waals surface area contributed by atoms with Gasteiger partial charge in [0, 0.05) is 0 Å². The van der Waals surface area contributed by atoms with E-state index >= 15 is 0 Å². The van der Waals surface area contributed by atoms with Gasteiger partial charge in [0.25, 0.3) is 0 Å². The number of halogens is 1. The summed E-state index contributed by atoms with van der Waals surface area (Å²) in [5.41, 5.74) is 1.15. The second kappa shape index (κ2) is 7.04. The first kappa shape index (κ1) is 14.5. The van der Waals surface area contributed by atoms with E-state index in [0.717, 1.165) is 23.5 Å². The Morgan fingerprint density at radius 1 is 1.16 bits per heavy atom. The first-order valence-corrected chi connectivity index (χ1v) is 7.73. The molecule has 2 unspecified atom stereocenters. The zero-order valence-electron chi connectivity index (χ0n) is 11.8. The maximum Gasteiger partial charge on any atom is 0.161 e. The molecule has 2 nitrogen and oxygen atoms in total. The van der Waals surface area contributed by atoms with Crippen LogP contribution < -0.4 is 9.47 Å². The van der Waals surface area contributed by atoms with Gasteiger partial charge in [-0.2, -0.15) is 0 Å². The van der Waals surface area contributed by atoms with Crippen LogP contribution in [0.4, 0.5) is 0 Å². The number of benzene rings is 1. The summed E-state index contributed by atoms with van der Waals surface area (Å²) in [6, 6.07) is 6.09. The molecule has 0 spiro atoms. The third-order valence-corrected chi connectivity index (χ3v) is 4.36.